The van der Waals surface area contributed by atoms with Crippen LogP contribution in [0.4, 0.5) is 0 Å². The van der Waals surface area contributed by atoms with Crippen molar-refractivity contribution >= 4 is 23.3 Å². The fourth-order valence-corrected chi connectivity index (χ4v) is 3.21. The van der Waals surface area contributed by atoms with Crippen molar-refractivity contribution in [1.29, 1.82) is 0 Å². The highest BCUT2D eigenvalue weighted by Gasteiger charge is 2.23. The van der Waals surface area contributed by atoms with Crippen molar-refractivity contribution in [2.24, 2.45) is 7.05 Å². The van der Waals surface area contributed by atoms with E-state index in [2.05, 4.69) is 10.4 Å². The maximum absolute atomic E-state index is 12.4. The molecule has 1 amide bonds. The number of benzene rings is 1. The summed E-state index contributed by atoms with van der Waals surface area (Å²) in [5.41, 5.74) is 2.46. The summed E-state index contributed by atoms with van der Waals surface area (Å²) in [5.74, 6) is -0.0766. The molecule has 0 unspecified atom stereocenters. The first-order valence-corrected chi connectivity index (χ1v) is 8.67. The van der Waals surface area contributed by atoms with Gasteiger partial charge in [-0.05, 0) is 38.0 Å². The molecule has 1 aromatic heterocycles. The van der Waals surface area contributed by atoms with E-state index in [0.717, 1.165) is 5.56 Å². The zero-order valence-electron chi connectivity index (χ0n) is 14.9. The smallest absolute Gasteiger partial charge is 0.292 e. The van der Waals surface area contributed by atoms with Gasteiger partial charge in [-0.15, -0.1) is 0 Å². The second-order valence-electron chi connectivity index (χ2n) is 6.11. The van der Waals surface area contributed by atoms with Gasteiger partial charge in [-0.3, -0.25) is 14.3 Å². The van der Waals surface area contributed by atoms with Gasteiger partial charge in [0.25, 0.3) is 11.7 Å². The summed E-state index contributed by atoms with van der Waals surface area (Å²) < 4.78 is 12.6. The first-order valence-electron chi connectivity index (χ1n) is 8.29. The minimum Gasteiger partial charge on any atom is -0.486 e. The predicted octanol–water partition coefficient (Wildman–Crippen LogP) is 2.00. The number of carbonyl (C=O) groups is 2. The molecule has 1 aliphatic rings. The van der Waals surface area contributed by atoms with Crippen molar-refractivity contribution in [1.82, 2.24) is 15.1 Å². The number of aryl methyl sites for hydroxylation is 2. The fraction of sp³-hybridized carbons (Fsp3) is 0.389. The number of carbonyl (C=O) groups excluding carboxylic acids is 2. The zero-order valence-corrected chi connectivity index (χ0v) is 15.6. The monoisotopic (exact) mass is 377 g/mol. The van der Waals surface area contributed by atoms with Gasteiger partial charge in [0.1, 0.15) is 13.2 Å². The highest BCUT2D eigenvalue weighted by Crippen LogP contribution is 2.38. The molecule has 1 aliphatic heterocycles. The van der Waals surface area contributed by atoms with Gasteiger partial charge in [-0.25, -0.2) is 0 Å². The SMILES string of the molecule is Cc1nn(C)c(C)c1C(=O)C(=O)NCCc1cc(Cl)c2c(c1)OCCO2. The summed E-state index contributed by atoms with van der Waals surface area (Å²) in [6, 6.07) is 3.61. The van der Waals surface area contributed by atoms with E-state index in [9.17, 15) is 9.59 Å². The molecule has 0 radical (unpaired) electrons. The van der Waals surface area contributed by atoms with Crippen LogP contribution in [0.3, 0.4) is 0 Å². The number of halogens is 1. The summed E-state index contributed by atoms with van der Waals surface area (Å²) in [6.45, 7) is 4.72. The van der Waals surface area contributed by atoms with E-state index in [-0.39, 0.29) is 0 Å². The number of hydrogen-bond acceptors (Lipinski definition) is 5. The molecule has 0 fully saturated rings. The van der Waals surface area contributed by atoms with Crippen LogP contribution in [0.5, 0.6) is 11.5 Å². The van der Waals surface area contributed by atoms with Crippen LogP contribution >= 0.6 is 11.6 Å². The Hall–Kier alpha value is -2.54. The van der Waals surface area contributed by atoms with Gasteiger partial charge in [0.05, 0.1) is 16.3 Å². The molecule has 1 N–H and O–H groups in total. The van der Waals surface area contributed by atoms with E-state index in [1.54, 1.807) is 31.6 Å². The van der Waals surface area contributed by atoms with E-state index >= 15 is 0 Å². The molecule has 3 rings (SSSR count). The molecule has 0 saturated heterocycles. The maximum atomic E-state index is 12.4. The lowest BCUT2D eigenvalue weighted by Crippen LogP contribution is -2.33. The molecule has 7 nitrogen and oxygen atoms in total. The Kier molecular flexibility index (Phi) is 5.18. The number of hydrogen-bond donors (Lipinski definition) is 1. The quantitative estimate of drug-likeness (QED) is 0.636. The van der Waals surface area contributed by atoms with E-state index in [0.29, 0.717) is 59.7 Å². The van der Waals surface area contributed by atoms with Crippen LogP contribution in [-0.4, -0.2) is 41.2 Å². The number of nitrogens with zero attached hydrogens (tertiary/aromatic N) is 2. The third-order valence-electron chi connectivity index (χ3n) is 4.30. The highest BCUT2D eigenvalue weighted by atomic mass is 35.5. The van der Waals surface area contributed by atoms with E-state index in [4.69, 9.17) is 21.1 Å². The predicted molar refractivity (Wildman–Crippen MR) is 96.2 cm³/mol. The fourth-order valence-electron chi connectivity index (χ4n) is 2.92. The van der Waals surface area contributed by atoms with Crippen molar-refractivity contribution in [2.45, 2.75) is 20.3 Å². The van der Waals surface area contributed by atoms with Crippen LogP contribution in [0.2, 0.25) is 5.02 Å². The third-order valence-corrected chi connectivity index (χ3v) is 4.58. The highest BCUT2D eigenvalue weighted by molar-refractivity contribution is 6.43. The topological polar surface area (TPSA) is 82.5 Å². The first kappa shape index (κ1) is 18.3. The number of ketones is 1. The second kappa shape index (κ2) is 7.37. The second-order valence-corrected chi connectivity index (χ2v) is 6.51. The van der Waals surface area contributed by atoms with Crippen LogP contribution in [0.1, 0.15) is 27.3 Å². The molecule has 8 heteroatoms. The maximum Gasteiger partial charge on any atom is 0.292 e. The first-order chi connectivity index (χ1) is 12.4. The summed E-state index contributed by atoms with van der Waals surface area (Å²) in [4.78, 5) is 24.5. The van der Waals surface area contributed by atoms with Gasteiger partial charge in [-0.2, -0.15) is 5.10 Å². The summed E-state index contributed by atoms with van der Waals surface area (Å²) in [7, 11) is 1.74. The van der Waals surface area contributed by atoms with E-state index < -0.39 is 11.7 Å². The molecule has 0 atom stereocenters. The van der Waals surface area contributed by atoms with Crippen LogP contribution in [0.25, 0.3) is 0 Å². The Balaban J connectivity index is 1.62. The number of amides is 1. The number of nitrogens with one attached hydrogen (secondary N) is 1. The van der Waals surface area contributed by atoms with Gasteiger partial charge in [0, 0.05) is 19.3 Å². The zero-order chi connectivity index (χ0) is 18.8. The van der Waals surface area contributed by atoms with Crippen LogP contribution in [0, 0.1) is 13.8 Å². The van der Waals surface area contributed by atoms with E-state index in [1.165, 1.54) is 0 Å². The van der Waals surface area contributed by atoms with E-state index in [1.807, 2.05) is 6.07 Å². The van der Waals surface area contributed by atoms with Crippen molar-refractivity contribution in [2.75, 3.05) is 19.8 Å². The normalized spacial score (nSPS) is 12.8. The molecular weight excluding hydrogens is 358 g/mol. The minimum absolute atomic E-state index is 0.304. The molecule has 2 heterocycles. The molecule has 138 valence electrons. The Morgan fingerprint density at radius 3 is 2.69 bits per heavy atom. The lowest BCUT2D eigenvalue weighted by atomic mass is 10.1. The summed E-state index contributed by atoms with van der Waals surface area (Å²) in [6.07, 6.45) is 0.514. The summed E-state index contributed by atoms with van der Waals surface area (Å²) >= 11 is 6.20. The Bertz CT molecular complexity index is 876. The molecule has 26 heavy (non-hydrogen) atoms. The van der Waals surface area contributed by atoms with Gasteiger partial charge >= 0.3 is 0 Å². The lowest BCUT2D eigenvalue weighted by molar-refractivity contribution is -0.116. The largest absolute Gasteiger partial charge is 0.486 e. The molecular formula is C18H20ClN3O4. The summed E-state index contributed by atoms with van der Waals surface area (Å²) in [5, 5.41) is 7.29. The molecule has 0 bridgehead atoms. The van der Waals surface area contributed by atoms with Crippen molar-refractivity contribution in [3.63, 3.8) is 0 Å². The standard InChI is InChI=1S/C18H20ClN3O4/c1-10-15(11(2)22(3)21-10)16(23)18(24)20-5-4-12-8-13(19)17-14(9-12)25-6-7-26-17/h8-9H,4-7H2,1-3H3,(H,20,24). The number of aromatic nitrogens is 2. The number of ether oxygens (including phenoxy) is 2. The van der Waals surface area contributed by atoms with Crippen LogP contribution in [-0.2, 0) is 18.3 Å². The average Bonchev–Trinajstić information content (AvgIpc) is 2.86. The van der Waals surface area contributed by atoms with Crippen molar-refractivity contribution in [3.05, 3.63) is 39.7 Å². The minimum atomic E-state index is -0.646. The van der Waals surface area contributed by atoms with Gasteiger partial charge in [0.15, 0.2) is 11.5 Å². The number of fused-ring (bicyclic) bond motifs is 1. The number of Topliss-reactive ketones (excluding diaryl/α,β-unsaturated/α-hetero) is 1. The Morgan fingerprint density at radius 2 is 2.00 bits per heavy atom. The Labute approximate surface area is 156 Å². The number of rotatable bonds is 5. The third kappa shape index (κ3) is 3.53. The van der Waals surface area contributed by atoms with Gasteiger partial charge in [-0.1, -0.05) is 11.6 Å². The molecule has 1 aromatic carbocycles. The van der Waals surface area contributed by atoms with Crippen LogP contribution < -0.4 is 14.8 Å². The molecule has 0 aliphatic carbocycles. The van der Waals surface area contributed by atoms with Crippen molar-refractivity contribution in [3.8, 4) is 11.5 Å². The Morgan fingerprint density at radius 1 is 1.27 bits per heavy atom. The van der Waals surface area contributed by atoms with Gasteiger partial charge in [0.2, 0.25) is 0 Å². The van der Waals surface area contributed by atoms with Crippen molar-refractivity contribution < 1.29 is 19.1 Å². The average molecular weight is 378 g/mol. The van der Waals surface area contributed by atoms with Crippen LogP contribution in [0.15, 0.2) is 12.1 Å². The molecule has 0 spiro atoms. The lowest BCUT2D eigenvalue weighted by Gasteiger charge is -2.20. The molecule has 0 saturated carbocycles. The molecule has 2 aromatic rings. The van der Waals surface area contributed by atoms with Gasteiger partial charge < -0.3 is 14.8 Å².